The minimum Gasteiger partial charge on any atom is -0.368 e. The van der Waals surface area contributed by atoms with Crippen molar-refractivity contribution in [2.45, 2.75) is 25.5 Å². The van der Waals surface area contributed by atoms with E-state index in [1.165, 1.54) is 0 Å². The minimum absolute atomic E-state index is 0. The van der Waals surface area contributed by atoms with Crippen LogP contribution in [0.5, 0.6) is 0 Å². The van der Waals surface area contributed by atoms with Gasteiger partial charge in [-0.05, 0) is 18.9 Å². The molecule has 140 valence electrons. The van der Waals surface area contributed by atoms with E-state index < -0.39 is 0 Å². The summed E-state index contributed by atoms with van der Waals surface area (Å²) in [5.41, 5.74) is 0. The molecule has 3 heterocycles. The van der Waals surface area contributed by atoms with Gasteiger partial charge in [0, 0.05) is 58.8 Å². The van der Waals surface area contributed by atoms with E-state index in [2.05, 4.69) is 20.3 Å². The highest BCUT2D eigenvalue weighted by atomic mass is 127. The highest BCUT2D eigenvalue weighted by Crippen LogP contribution is 2.16. The Morgan fingerprint density at radius 2 is 2.08 bits per heavy atom. The quantitative estimate of drug-likeness (QED) is 0.399. The van der Waals surface area contributed by atoms with Crippen LogP contribution in [0.2, 0.25) is 0 Å². The number of halogens is 1. The van der Waals surface area contributed by atoms with Crippen LogP contribution in [0, 0.1) is 0 Å². The van der Waals surface area contributed by atoms with Gasteiger partial charge in [-0.3, -0.25) is 14.5 Å². The van der Waals surface area contributed by atoms with Gasteiger partial charge in [0.25, 0.3) is 5.91 Å². The lowest BCUT2D eigenvalue weighted by Crippen LogP contribution is -2.55. The molecule has 0 aromatic carbocycles. The van der Waals surface area contributed by atoms with Crippen molar-refractivity contribution >= 4 is 35.8 Å². The van der Waals surface area contributed by atoms with Crippen LogP contribution in [0.1, 0.15) is 12.8 Å². The molecule has 9 heteroatoms. The molecule has 25 heavy (non-hydrogen) atoms. The Morgan fingerprint density at radius 1 is 1.32 bits per heavy atom. The van der Waals surface area contributed by atoms with E-state index in [1.54, 1.807) is 13.2 Å². The molecule has 2 saturated heterocycles. The average Bonchev–Trinajstić information content (AvgIpc) is 3.32. The Kier molecular flexibility index (Phi) is 7.94. The third-order valence-electron chi connectivity index (χ3n) is 4.49. The molecule has 1 atom stereocenters. The summed E-state index contributed by atoms with van der Waals surface area (Å²) in [6.45, 7) is 5.30. The van der Waals surface area contributed by atoms with Gasteiger partial charge in [-0.2, -0.15) is 5.10 Å². The number of carbonyl (C=O) groups is 1. The number of aromatic nitrogens is 2. The van der Waals surface area contributed by atoms with E-state index in [0.717, 1.165) is 58.1 Å². The summed E-state index contributed by atoms with van der Waals surface area (Å²) in [4.78, 5) is 20.8. The highest BCUT2D eigenvalue weighted by molar-refractivity contribution is 14.0. The standard InChI is InChI=1S/C16H26N6O2.HI/c1-17-16(18-6-8-22-7-3-5-19-22)21-11-9-20(10-12-21)15(23)14-4-2-13-24-14;/h3,5,7,14H,2,4,6,8-13H2,1H3,(H,17,18);1H. The molecular formula is C16H27IN6O2. The number of nitrogens with one attached hydrogen (secondary N) is 1. The first kappa shape index (κ1) is 20.0. The predicted octanol–water partition coefficient (Wildman–Crippen LogP) is 0.400. The Labute approximate surface area is 165 Å². The molecule has 2 aliphatic rings. The Bertz CT molecular complexity index is 551. The van der Waals surface area contributed by atoms with Crippen LogP contribution in [0.3, 0.4) is 0 Å². The SMILES string of the molecule is CN=C(NCCn1cccn1)N1CCN(C(=O)C2CCCO2)CC1.I. The summed E-state index contributed by atoms with van der Waals surface area (Å²) in [5, 5.41) is 7.55. The van der Waals surface area contributed by atoms with Gasteiger partial charge >= 0.3 is 0 Å². The minimum atomic E-state index is -0.219. The fraction of sp³-hybridized carbons (Fsp3) is 0.688. The summed E-state index contributed by atoms with van der Waals surface area (Å²) < 4.78 is 7.39. The summed E-state index contributed by atoms with van der Waals surface area (Å²) in [6.07, 6.45) is 5.35. The average molecular weight is 462 g/mol. The summed E-state index contributed by atoms with van der Waals surface area (Å²) in [6, 6.07) is 1.92. The first-order chi connectivity index (χ1) is 11.8. The van der Waals surface area contributed by atoms with Crippen LogP contribution in [-0.2, 0) is 16.1 Å². The summed E-state index contributed by atoms with van der Waals surface area (Å²) in [5.74, 6) is 1.03. The van der Waals surface area contributed by atoms with Crippen LogP contribution in [-0.4, -0.2) is 83.9 Å². The third-order valence-corrected chi connectivity index (χ3v) is 4.49. The van der Waals surface area contributed by atoms with Crippen molar-refractivity contribution in [2.24, 2.45) is 4.99 Å². The van der Waals surface area contributed by atoms with Crippen LogP contribution >= 0.6 is 24.0 Å². The molecule has 0 spiro atoms. The molecule has 1 amide bonds. The fourth-order valence-corrected chi connectivity index (χ4v) is 3.16. The predicted molar refractivity (Wildman–Crippen MR) is 106 cm³/mol. The smallest absolute Gasteiger partial charge is 0.251 e. The third kappa shape index (κ3) is 5.30. The van der Waals surface area contributed by atoms with Crippen LogP contribution in [0.25, 0.3) is 0 Å². The van der Waals surface area contributed by atoms with Crippen molar-refractivity contribution in [1.29, 1.82) is 0 Å². The molecule has 2 aliphatic heterocycles. The number of aliphatic imine (C=N–C) groups is 1. The molecule has 2 fully saturated rings. The first-order valence-electron chi connectivity index (χ1n) is 8.61. The monoisotopic (exact) mass is 462 g/mol. The van der Waals surface area contributed by atoms with E-state index in [0.29, 0.717) is 6.61 Å². The molecule has 0 saturated carbocycles. The largest absolute Gasteiger partial charge is 0.368 e. The highest BCUT2D eigenvalue weighted by Gasteiger charge is 2.30. The summed E-state index contributed by atoms with van der Waals surface area (Å²) in [7, 11) is 1.79. The Morgan fingerprint density at radius 3 is 2.68 bits per heavy atom. The fourth-order valence-electron chi connectivity index (χ4n) is 3.16. The lowest BCUT2D eigenvalue weighted by Gasteiger charge is -2.37. The van der Waals surface area contributed by atoms with Gasteiger partial charge in [0.2, 0.25) is 0 Å². The van der Waals surface area contributed by atoms with Crippen molar-refractivity contribution < 1.29 is 9.53 Å². The van der Waals surface area contributed by atoms with Gasteiger partial charge in [0.1, 0.15) is 6.10 Å². The second-order valence-corrected chi connectivity index (χ2v) is 6.06. The number of carbonyl (C=O) groups excluding carboxylic acids is 1. The molecule has 1 aromatic heterocycles. The molecule has 3 rings (SSSR count). The van der Waals surface area contributed by atoms with E-state index in [9.17, 15) is 4.79 Å². The topological polar surface area (TPSA) is 75.0 Å². The zero-order valence-electron chi connectivity index (χ0n) is 14.6. The number of guanidine groups is 1. The van der Waals surface area contributed by atoms with Crippen LogP contribution in [0.15, 0.2) is 23.5 Å². The van der Waals surface area contributed by atoms with Crippen molar-refractivity contribution in [2.75, 3.05) is 46.4 Å². The zero-order valence-corrected chi connectivity index (χ0v) is 17.0. The maximum atomic E-state index is 12.4. The van der Waals surface area contributed by atoms with Crippen molar-refractivity contribution in [3.8, 4) is 0 Å². The van der Waals surface area contributed by atoms with Crippen molar-refractivity contribution in [1.82, 2.24) is 24.9 Å². The van der Waals surface area contributed by atoms with Gasteiger partial charge in [0.15, 0.2) is 5.96 Å². The lowest BCUT2D eigenvalue weighted by molar-refractivity contribution is -0.142. The molecule has 0 aliphatic carbocycles. The van der Waals surface area contributed by atoms with E-state index in [4.69, 9.17) is 4.74 Å². The number of amides is 1. The van der Waals surface area contributed by atoms with Crippen molar-refractivity contribution in [3.05, 3.63) is 18.5 Å². The van der Waals surface area contributed by atoms with Gasteiger partial charge in [0.05, 0.1) is 6.54 Å². The zero-order chi connectivity index (χ0) is 16.8. The normalized spacial score (nSPS) is 21.2. The van der Waals surface area contributed by atoms with E-state index >= 15 is 0 Å². The van der Waals surface area contributed by atoms with Gasteiger partial charge in [-0.15, -0.1) is 24.0 Å². The number of piperazine rings is 1. The number of nitrogens with zero attached hydrogens (tertiary/aromatic N) is 5. The van der Waals surface area contributed by atoms with Crippen LogP contribution < -0.4 is 5.32 Å². The molecule has 0 bridgehead atoms. The molecule has 0 radical (unpaired) electrons. The number of rotatable bonds is 4. The maximum absolute atomic E-state index is 12.4. The van der Waals surface area contributed by atoms with Gasteiger partial charge in [-0.1, -0.05) is 0 Å². The van der Waals surface area contributed by atoms with E-state index in [1.807, 2.05) is 21.8 Å². The molecular weight excluding hydrogens is 435 g/mol. The lowest BCUT2D eigenvalue weighted by atomic mass is 10.2. The Balaban J connectivity index is 0.00000225. The molecule has 1 aromatic rings. The van der Waals surface area contributed by atoms with Crippen molar-refractivity contribution in [3.63, 3.8) is 0 Å². The molecule has 1 N–H and O–H groups in total. The first-order valence-corrected chi connectivity index (χ1v) is 8.61. The molecule has 1 unspecified atom stereocenters. The van der Waals surface area contributed by atoms with Gasteiger partial charge in [-0.25, -0.2) is 0 Å². The molecule has 8 nitrogen and oxygen atoms in total. The summed E-state index contributed by atoms with van der Waals surface area (Å²) >= 11 is 0. The van der Waals surface area contributed by atoms with E-state index in [-0.39, 0.29) is 36.0 Å². The second kappa shape index (κ2) is 9.95. The number of hydrogen-bond acceptors (Lipinski definition) is 4. The van der Waals surface area contributed by atoms with Crippen LogP contribution in [0.4, 0.5) is 0 Å². The number of ether oxygens (including phenoxy) is 1. The number of hydrogen-bond donors (Lipinski definition) is 1. The maximum Gasteiger partial charge on any atom is 0.251 e. The van der Waals surface area contributed by atoms with Gasteiger partial charge < -0.3 is 19.9 Å². The second-order valence-electron chi connectivity index (χ2n) is 6.06. The Hall–Kier alpha value is -1.36.